The van der Waals surface area contributed by atoms with Crippen LogP contribution in [-0.2, 0) is 18.3 Å². The third kappa shape index (κ3) is 4.14. The number of aliphatic hydroxyl groups is 1. The molecule has 0 aliphatic heterocycles. The second-order valence-electron chi connectivity index (χ2n) is 7.24. The summed E-state index contributed by atoms with van der Waals surface area (Å²) < 4.78 is 19.2. The summed E-state index contributed by atoms with van der Waals surface area (Å²) in [6.07, 6.45) is -0.929. The number of hydrogen-bond donors (Lipinski definition) is 1. The molecule has 0 saturated carbocycles. The SMILES string of the molecule is COCC(O)c1nc(-c2cc3nc(OC)c(Cl)cc3n2C)nn1Cc1ccc(OC)cc1. The number of halogens is 1. The van der Waals surface area contributed by atoms with Gasteiger partial charge < -0.3 is 23.9 Å². The van der Waals surface area contributed by atoms with Gasteiger partial charge in [0.05, 0.1) is 44.1 Å². The van der Waals surface area contributed by atoms with Crippen molar-refractivity contribution in [1.82, 2.24) is 24.3 Å². The van der Waals surface area contributed by atoms with E-state index in [9.17, 15) is 5.11 Å². The average molecular weight is 458 g/mol. The summed E-state index contributed by atoms with van der Waals surface area (Å²) in [6.45, 7) is 0.527. The average Bonchev–Trinajstić information content (AvgIpc) is 3.35. The highest BCUT2D eigenvalue weighted by atomic mass is 35.5. The fourth-order valence-electron chi connectivity index (χ4n) is 3.53. The lowest BCUT2D eigenvalue weighted by molar-refractivity contribution is 0.0560. The number of pyridine rings is 1. The van der Waals surface area contributed by atoms with E-state index >= 15 is 0 Å². The zero-order valence-electron chi connectivity index (χ0n) is 18.2. The molecule has 3 heterocycles. The fourth-order valence-corrected chi connectivity index (χ4v) is 3.75. The minimum atomic E-state index is -0.929. The Morgan fingerprint density at radius 2 is 1.81 bits per heavy atom. The molecule has 1 atom stereocenters. The zero-order valence-corrected chi connectivity index (χ0v) is 19.0. The quantitative estimate of drug-likeness (QED) is 0.434. The maximum atomic E-state index is 10.6. The summed E-state index contributed by atoms with van der Waals surface area (Å²) in [7, 11) is 6.56. The van der Waals surface area contributed by atoms with Gasteiger partial charge in [0.15, 0.2) is 11.6 Å². The number of hydrogen-bond acceptors (Lipinski definition) is 7. The molecule has 10 heteroatoms. The predicted molar refractivity (Wildman–Crippen MR) is 120 cm³/mol. The van der Waals surface area contributed by atoms with Crippen molar-refractivity contribution in [2.24, 2.45) is 7.05 Å². The number of rotatable bonds is 8. The molecule has 0 amide bonds. The van der Waals surface area contributed by atoms with E-state index in [0.717, 1.165) is 22.5 Å². The number of aromatic nitrogens is 5. The van der Waals surface area contributed by atoms with Gasteiger partial charge in [0.1, 0.15) is 16.9 Å². The lowest BCUT2D eigenvalue weighted by Crippen LogP contribution is -2.14. The van der Waals surface area contributed by atoms with Crippen LogP contribution in [0, 0.1) is 0 Å². The van der Waals surface area contributed by atoms with Gasteiger partial charge in [0, 0.05) is 14.2 Å². The molecule has 1 N–H and O–H groups in total. The number of aliphatic hydroxyl groups excluding tert-OH is 1. The summed E-state index contributed by atoms with van der Waals surface area (Å²) in [6, 6.07) is 11.3. The van der Waals surface area contributed by atoms with Crippen molar-refractivity contribution in [3.8, 4) is 23.1 Å². The number of benzene rings is 1. The van der Waals surface area contributed by atoms with E-state index in [4.69, 9.17) is 25.8 Å². The van der Waals surface area contributed by atoms with Crippen molar-refractivity contribution < 1.29 is 19.3 Å². The molecule has 0 fully saturated rings. The summed E-state index contributed by atoms with van der Waals surface area (Å²) in [5.41, 5.74) is 3.24. The first-order chi connectivity index (χ1) is 15.4. The first-order valence-electron chi connectivity index (χ1n) is 9.90. The summed E-state index contributed by atoms with van der Waals surface area (Å²) in [4.78, 5) is 9.09. The molecule has 3 aromatic heterocycles. The molecule has 0 aliphatic carbocycles. The molecule has 168 valence electrons. The molecule has 0 spiro atoms. The Bertz CT molecular complexity index is 1240. The number of aryl methyl sites for hydroxylation is 1. The van der Waals surface area contributed by atoms with Gasteiger partial charge in [-0.15, -0.1) is 5.10 Å². The first kappa shape index (κ1) is 22.1. The molecule has 32 heavy (non-hydrogen) atoms. The van der Waals surface area contributed by atoms with Crippen LogP contribution in [0.15, 0.2) is 36.4 Å². The van der Waals surface area contributed by atoms with E-state index in [1.165, 1.54) is 14.2 Å². The number of methoxy groups -OCH3 is 3. The Kier molecular flexibility index (Phi) is 6.31. The monoisotopic (exact) mass is 457 g/mol. The zero-order chi connectivity index (χ0) is 22.8. The lowest BCUT2D eigenvalue weighted by Gasteiger charge is -2.11. The van der Waals surface area contributed by atoms with Crippen LogP contribution in [-0.4, -0.2) is 57.4 Å². The number of ether oxygens (including phenoxy) is 3. The second-order valence-corrected chi connectivity index (χ2v) is 7.65. The van der Waals surface area contributed by atoms with E-state index in [1.54, 1.807) is 17.9 Å². The maximum Gasteiger partial charge on any atom is 0.233 e. The van der Waals surface area contributed by atoms with Crippen LogP contribution in [0.5, 0.6) is 11.6 Å². The van der Waals surface area contributed by atoms with E-state index in [0.29, 0.717) is 34.6 Å². The van der Waals surface area contributed by atoms with Gasteiger partial charge in [-0.25, -0.2) is 14.6 Å². The first-order valence-corrected chi connectivity index (χ1v) is 10.3. The lowest BCUT2D eigenvalue weighted by atomic mass is 10.2. The minimum Gasteiger partial charge on any atom is -0.497 e. The van der Waals surface area contributed by atoms with E-state index in [-0.39, 0.29) is 6.61 Å². The Balaban J connectivity index is 1.77. The Hall–Kier alpha value is -3.14. The van der Waals surface area contributed by atoms with Gasteiger partial charge in [-0.2, -0.15) is 0 Å². The Labute approximate surface area is 190 Å². The third-order valence-corrected chi connectivity index (χ3v) is 5.46. The molecule has 4 aromatic rings. The fraction of sp³-hybridized carbons (Fsp3) is 0.318. The molecule has 4 rings (SSSR count). The van der Waals surface area contributed by atoms with Crippen LogP contribution in [0.1, 0.15) is 17.5 Å². The van der Waals surface area contributed by atoms with Crippen molar-refractivity contribution in [1.29, 1.82) is 0 Å². The van der Waals surface area contributed by atoms with Crippen molar-refractivity contribution >= 4 is 22.6 Å². The van der Waals surface area contributed by atoms with E-state index in [2.05, 4.69) is 15.1 Å². The van der Waals surface area contributed by atoms with Crippen molar-refractivity contribution in [3.05, 3.63) is 52.8 Å². The highest BCUT2D eigenvalue weighted by molar-refractivity contribution is 6.32. The molecule has 0 radical (unpaired) electrons. The van der Waals surface area contributed by atoms with Crippen LogP contribution in [0.3, 0.4) is 0 Å². The van der Waals surface area contributed by atoms with Crippen molar-refractivity contribution in [3.63, 3.8) is 0 Å². The third-order valence-electron chi connectivity index (χ3n) is 5.19. The van der Waals surface area contributed by atoms with Crippen LogP contribution >= 0.6 is 11.6 Å². The van der Waals surface area contributed by atoms with Gasteiger partial charge in [0.25, 0.3) is 0 Å². The van der Waals surface area contributed by atoms with Crippen LogP contribution in [0.4, 0.5) is 0 Å². The largest absolute Gasteiger partial charge is 0.497 e. The molecule has 1 unspecified atom stereocenters. The molecule has 9 nitrogen and oxygen atoms in total. The summed E-state index contributed by atoms with van der Waals surface area (Å²) >= 11 is 6.26. The van der Waals surface area contributed by atoms with Crippen molar-refractivity contribution in [2.45, 2.75) is 12.6 Å². The van der Waals surface area contributed by atoms with Gasteiger partial charge in [-0.05, 0) is 29.8 Å². The van der Waals surface area contributed by atoms with E-state index in [1.807, 2.05) is 41.9 Å². The number of nitrogens with zero attached hydrogens (tertiary/aromatic N) is 5. The van der Waals surface area contributed by atoms with E-state index < -0.39 is 6.10 Å². The van der Waals surface area contributed by atoms with Gasteiger partial charge in [-0.3, -0.25) is 0 Å². The normalized spacial score (nSPS) is 12.3. The molecular weight excluding hydrogens is 434 g/mol. The van der Waals surface area contributed by atoms with Gasteiger partial charge in [-0.1, -0.05) is 23.7 Å². The Morgan fingerprint density at radius 3 is 2.47 bits per heavy atom. The summed E-state index contributed by atoms with van der Waals surface area (Å²) in [5, 5.41) is 15.7. The molecule has 0 aliphatic rings. The predicted octanol–water partition coefficient (Wildman–Crippen LogP) is 3.23. The van der Waals surface area contributed by atoms with Gasteiger partial charge >= 0.3 is 0 Å². The second kappa shape index (κ2) is 9.15. The topological polar surface area (TPSA) is 96.5 Å². The van der Waals surface area contributed by atoms with Crippen molar-refractivity contribution in [2.75, 3.05) is 27.9 Å². The highest BCUT2D eigenvalue weighted by Crippen LogP contribution is 2.31. The molecule has 0 saturated heterocycles. The molecule has 1 aromatic carbocycles. The van der Waals surface area contributed by atoms with Crippen LogP contribution in [0.2, 0.25) is 5.02 Å². The molecular formula is C22H24ClN5O4. The standard InChI is InChI=1S/C22H24ClN5O4/c1-27-17-9-15(23)22(32-4)24-16(17)10-18(27)20-25-21(19(29)12-30-2)28(26-20)11-13-5-7-14(31-3)8-6-13/h5-10,19,29H,11-12H2,1-4H3. The van der Waals surface area contributed by atoms with Crippen LogP contribution in [0.25, 0.3) is 22.6 Å². The highest BCUT2D eigenvalue weighted by Gasteiger charge is 2.22. The number of fused-ring (bicyclic) bond motifs is 1. The van der Waals surface area contributed by atoms with Gasteiger partial charge in [0.2, 0.25) is 5.88 Å². The van der Waals surface area contributed by atoms with Crippen LogP contribution < -0.4 is 9.47 Å². The maximum absolute atomic E-state index is 10.6. The Morgan fingerprint density at radius 1 is 1.06 bits per heavy atom. The smallest absolute Gasteiger partial charge is 0.233 e. The minimum absolute atomic E-state index is 0.101. The molecule has 0 bridgehead atoms. The summed E-state index contributed by atoms with van der Waals surface area (Å²) in [5.74, 6) is 1.99.